The van der Waals surface area contributed by atoms with Crippen molar-refractivity contribution < 1.29 is 5.21 Å². The molecule has 16 heavy (non-hydrogen) atoms. The Morgan fingerprint density at radius 3 is 2.75 bits per heavy atom. The minimum Gasteiger partial charge on any atom is -0.409 e. The lowest BCUT2D eigenvalue weighted by atomic mass is 10.1. The smallest absolute Gasteiger partial charge is 0.140 e. The molecule has 0 amide bonds. The Morgan fingerprint density at radius 2 is 2.12 bits per heavy atom. The monoisotopic (exact) mass is 228 g/mol. The Morgan fingerprint density at radius 1 is 1.44 bits per heavy atom. The molecule has 1 rings (SSSR count). The summed E-state index contributed by atoms with van der Waals surface area (Å²) in [5.41, 5.74) is 5.38. The average molecular weight is 228 g/mol. The van der Waals surface area contributed by atoms with Crippen LogP contribution in [0.4, 0.5) is 0 Å². The van der Waals surface area contributed by atoms with Crippen LogP contribution >= 0.6 is 0 Å². The van der Waals surface area contributed by atoms with Crippen LogP contribution in [0.1, 0.15) is 32.6 Å². The van der Waals surface area contributed by atoms with Crippen molar-refractivity contribution >= 4 is 5.84 Å². The average Bonchev–Trinajstić information content (AvgIpc) is 2.35. The highest BCUT2D eigenvalue weighted by Gasteiger charge is 2.15. The van der Waals surface area contributed by atoms with Gasteiger partial charge in [0, 0.05) is 25.6 Å². The van der Waals surface area contributed by atoms with Gasteiger partial charge in [0.25, 0.3) is 0 Å². The first-order chi connectivity index (χ1) is 7.74. The number of likely N-dealkylation sites (tertiary alicyclic amines) is 1. The predicted molar refractivity (Wildman–Crippen MR) is 65.8 cm³/mol. The number of nitrogens with zero attached hydrogens (tertiary/aromatic N) is 2. The third-order valence-electron chi connectivity index (χ3n) is 3.14. The summed E-state index contributed by atoms with van der Waals surface area (Å²) in [6, 6.07) is 0.576. The fourth-order valence-electron chi connectivity index (χ4n) is 2.07. The molecule has 1 aliphatic heterocycles. The van der Waals surface area contributed by atoms with Gasteiger partial charge in [0.1, 0.15) is 5.84 Å². The van der Waals surface area contributed by atoms with E-state index in [1.54, 1.807) is 0 Å². The van der Waals surface area contributed by atoms with Crippen LogP contribution in [0.3, 0.4) is 0 Å². The molecule has 1 aliphatic rings. The molecule has 1 heterocycles. The number of amidine groups is 1. The quantitative estimate of drug-likeness (QED) is 0.204. The minimum absolute atomic E-state index is 0.290. The van der Waals surface area contributed by atoms with Gasteiger partial charge in [-0.25, -0.2) is 0 Å². The van der Waals surface area contributed by atoms with Crippen LogP contribution in [0.15, 0.2) is 5.16 Å². The van der Waals surface area contributed by atoms with Gasteiger partial charge in [-0.15, -0.1) is 0 Å². The zero-order valence-electron chi connectivity index (χ0n) is 10.2. The van der Waals surface area contributed by atoms with Crippen molar-refractivity contribution in [2.24, 2.45) is 10.9 Å². The van der Waals surface area contributed by atoms with Crippen LogP contribution in [0, 0.1) is 0 Å². The van der Waals surface area contributed by atoms with Gasteiger partial charge in [-0.2, -0.15) is 0 Å². The number of hydrogen-bond acceptors (Lipinski definition) is 4. The Labute approximate surface area is 97.7 Å². The molecule has 0 aromatic heterocycles. The summed E-state index contributed by atoms with van der Waals surface area (Å²) in [5.74, 6) is 0.290. The van der Waals surface area contributed by atoms with Crippen molar-refractivity contribution in [2.45, 2.75) is 38.6 Å². The van der Waals surface area contributed by atoms with E-state index in [-0.39, 0.29) is 5.84 Å². The molecule has 0 bridgehead atoms. The molecule has 0 spiro atoms. The summed E-state index contributed by atoms with van der Waals surface area (Å²) >= 11 is 0. The summed E-state index contributed by atoms with van der Waals surface area (Å²) in [4.78, 5) is 2.53. The number of piperidine rings is 1. The molecule has 0 aliphatic carbocycles. The van der Waals surface area contributed by atoms with E-state index >= 15 is 0 Å². The second kappa shape index (κ2) is 7.46. The van der Waals surface area contributed by atoms with Crippen molar-refractivity contribution in [3.05, 3.63) is 0 Å². The maximum atomic E-state index is 8.37. The van der Waals surface area contributed by atoms with Crippen LogP contribution in [-0.4, -0.2) is 48.2 Å². The number of oxime groups is 1. The van der Waals surface area contributed by atoms with Gasteiger partial charge in [0.15, 0.2) is 0 Å². The maximum Gasteiger partial charge on any atom is 0.140 e. The zero-order valence-corrected chi connectivity index (χ0v) is 10.2. The van der Waals surface area contributed by atoms with Crippen LogP contribution in [0.5, 0.6) is 0 Å². The first kappa shape index (κ1) is 13.3. The second-order valence-electron chi connectivity index (χ2n) is 4.49. The van der Waals surface area contributed by atoms with Crippen molar-refractivity contribution in [3.8, 4) is 0 Å². The van der Waals surface area contributed by atoms with Gasteiger partial charge in [-0.1, -0.05) is 11.6 Å². The van der Waals surface area contributed by atoms with E-state index in [4.69, 9.17) is 10.9 Å². The number of nitrogens with two attached hydrogens (primary N) is 1. The van der Waals surface area contributed by atoms with Crippen LogP contribution in [-0.2, 0) is 0 Å². The van der Waals surface area contributed by atoms with E-state index in [0.29, 0.717) is 12.5 Å². The summed E-state index contributed by atoms with van der Waals surface area (Å²) in [5, 5.41) is 14.6. The fraction of sp³-hybridized carbons (Fsp3) is 0.909. The van der Waals surface area contributed by atoms with E-state index in [1.165, 1.54) is 32.4 Å². The van der Waals surface area contributed by atoms with Crippen molar-refractivity contribution in [1.29, 1.82) is 0 Å². The van der Waals surface area contributed by atoms with Crippen molar-refractivity contribution in [1.82, 2.24) is 10.2 Å². The topological polar surface area (TPSA) is 73.9 Å². The van der Waals surface area contributed by atoms with Gasteiger partial charge in [0.05, 0.1) is 0 Å². The van der Waals surface area contributed by atoms with E-state index in [0.717, 1.165) is 13.1 Å². The number of rotatable bonds is 6. The van der Waals surface area contributed by atoms with Crippen LogP contribution in [0.2, 0.25) is 0 Å². The third-order valence-corrected chi connectivity index (χ3v) is 3.14. The molecule has 1 saturated heterocycles. The Hall–Kier alpha value is -0.810. The van der Waals surface area contributed by atoms with Gasteiger partial charge >= 0.3 is 0 Å². The minimum atomic E-state index is 0.290. The SMILES string of the molecule is CC(CNCCC(N)=NO)N1CCCCC1. The lowest BCUT2D eigenvalue weighted by Gasteiger charge is -2.32. The molecule has 94 valence electrons. The first-order valence-corrected chi connectivity index (χ1v) is 6.15. The molecule has 1 unspecified atom stereocenters. The van der Waals surface area contributed by atoms with Gasteiger partial charge in [-0.05, 0) is 32.9 Å². The van der Waals surface area contributed by atoms with E-state index in [1.807, 2.05) is 0 Å². The van der Waals surface area contributed by atoms with Crippen LogP contribution in [0.25, 0.3) is 0 Å². The second-order valence-corrected chi connectivity index (χ2v) is 4.49. The number of hydrogen-bond donors (Lipinski definition) is 3. The zero-order chi connectivity index (χ0) is 11.8. The highest BCUT2D eigenvalue weighted by Crippen LogP contribution is 2.11. The summed E-state index contributed by atoms with van der Waals surface area (Å²) in [6.45, 7) is 6.45. The Bertz CT molecular complexity index is 214. The molecule has 1 fully saturated rings. The van der Waals surface area contributed by atoms with Crippen molar-refractivity contribution in [3.63, 3.8) is 0 Å². The van der Waals surface area contributed by atoms with Gasteiger partial charge < -0.3 is 16.3 Å². The molecule has 4 N–H and O–H groups in total. The molecule has 1 atom stereocenters. The van der Waals surface area contributed by atoms with Gasteiger partial charge in [-0.3, -0.25) is 4.90 Å². The van der Waals surface area contributed by atoms with Gasteiger partial charge in [0.2, 0.25) is 0 Å². The standard InChI is InChI=1S/C11H24N4O/c1-10(15-7-3-2-4-8-15)9-13-6-5-11(12)14-16/h10,13,16H,2-9H2,1H3,(H2,12,14). The molecular weight excluding hydrogens is 204 g/mol. The van der Waals surface area contributed by atoms with Crippen LogP contribution < -0.4 is 11.1 Å². The Kier molecular flexibility index (Phi) is 6.18. The summed E-state index contributed by atoms with van der Waals surface area (Å²) in [6.07, 6.45) is 4.63. The largest absolute Gasteiger partial charge is 0.409 e. The Balaban J connectivity index is 2.07. The molecule has 0 saturated carbocycles. The fourth-order valence-corrected chi connectivity index (χ4v) is 2.07. The van der Waals surface area contributed by atoms with E-state index < -0.39 is 0 Å². The molecule has 5 nitrogen and oxygen atoms in total. The maximum absolute atomic E-state index is 8.37. The summed E-state index contributed by atoms with van der Waals surface area (Å²) in [7, 11) is 0. The highest BCUT2D eigenvalue weighted by molar-refractivity contribution is 5.79. The lowest BCUT2D eigenvalue weighted by Crippen LogP contribution is -2.43. The normalized spacial score (nSPS) is 20.9. The highest BCUT2D eigenvalue weighted by atomic mass is 16.4. The summed E-state index contributed by atoms with van der Waals surface area (Å²) < 4.78 is 0. The number of nitrogens with one attached hydrogen (secondary N) is 1. The van der Waals surface area contributed by atoms with E-state index in [9.17, 15) is 0 Å². The molecule has 0 aromatic rings. The molecule has 5 heteroatoms. The molecule has 0 aromatic carbocycles. The molecular formula is C11H24N4O. The molecule has 0 radical (unpaired) electrons. The van der Waals surface area contributed by atoms with Crippen molar-refractivity contribution in [2.75, 3.05) is 26.2 Å². The van der Waals surface area contributed by atoms with E-state index in [2.05, 4.69) is 22.3 Å². The predicted octanol–water partition coefficient (Wildman–Crippen LogP) is 0.587. The lowest BCUT2D eigenvalue weighted by molar-refractivity contribution is 0.171. The third kappa shape index (κ3) is 4.81. The first-order valence-electron chi connectivity index (χ1n) is 6.15.